The molecule has 16 heteroatoms. The molecule has 2 unspecified atom stereocenters. The molecular formula is C82H76F6N4O6+4. The van der Waals surface area contributed by atoms with Gasteiger partial charge in [0.2, 0.25) is 11.4 Å². The van der Waals surface area contributed by atoms with Crippen molar-refractivity contribution < 1.29 is 73.4 Å². The summed E-state index contributed by atoms with van der Waals surface area (Å²) in [7, 11) is 1.75. The van der Waals surface area contributed by atoms with Crippen LogP contribution >= 0.6 is 0 Å². The Morgan fingerprint density at radius 1 is 0.469 bits per heavy atom. The van der Waals surface area contributed by atoms with E-state index >= 15 is 0 Å². The minimum atomic E-state index is -4.94. The predicted octanol–water partition coefficient (Wildman–Crippen LogP) is 17.0. The zero-order valence-electron chi connectivity index (χ0n) is 54.8. The van der Waals surface area contributed by atoms with Crippen LogP contribution in [0.5, 0.6) is 23.0 Å². The number of nitrogens with zero attached hydrogens (tertiary/aromatic N) is 4. The lowest BCUT2D eigenvalue weighted by atomic mass is 9.77. The van der Waals surface area contributed by atoms with Crippen LogP contribution in [-0.4, -0.2) is 101 Å². The Bertz CT molecular complexity index is 4470. The Hall–Kier alpha value is -10.7. The van der Waals surface area contributed by atoms with Gasteiger partial charge in [-0.2, -0.15) is 44.6 Å². The highest BCUT2D eigenvalue weighted by molar-refractivity contribution is 5.86. The zero-order chi connectivity index (χ0) is 68.8. The summed E-state index contributed by atoms with van der Waals surface area (Å²) in [6.45, 7) is 12.1. The van der Waals surface area contributed by atoms with Crippen LogP contribution < -0.4 is 18.9 Å². The number of aryl methyl sites for hydroxylation is 2. The Morgan fingerprint density at radius 3 is 1.41 bits per heavy atom. The highest BCUT2D eigenvalue weighted by atomic mass is 19.4. The summed E-state index contributed by atoms with van der Waals surface area (Å²) in [6.07, 6.45) is -0.635. The molecule has 1 N–H and O–H groups in total. The van der Waals surface area contributed by atoms with Gasteiger partial charge in [0.1, 0.15) is 29.6 Å². The van der Waals surface area contributed by atoms with Crippen LogP contribution in [0.1, 0.15) is 79.2 Å². The molecule has 0 saturated heterocycles. The molecule has 0 amide bonds. The lowest BCUT2D eigenvalue weighted by Gasteiger charge is -2.35. The van der Waals surface area contributed by atoms with Gasteiger partial charge in [0.25, 0.3) is 26.9 Å². The topological polar surface area (TPSA) is 78.4 Å². The smallest absolute Gasteiger partial charge is 0.417 e. The van der Waals surface area contributed by atoms with Gasteiger partial charge >= 0.3 is 12.4 Å². The van der Waals surface area contributed by atoms with Crippen molar-refractivity contribution in [3.63, 3.8) is 0 Å². The van der Waals surface area contributed by atoms with E-state index < -0.39 is 40.4 Å². The molecule has 4 aliphatic rings. The second-order valence-corrected chi connectivity index (χ2v) is 24.2. The minimum Gasteiger partial charge on any atom is -0.435 e. The van der Waals surface area contributed by atoms with Crippen LogP contribution in [0.2, 0.25) is 0 Å². The molecular weight excluding hydrogens is 1250 g/mol. The largest absolute Gasteiger partial charge is 0.435 e. The number of halogens is 6. The van der Waals surface area contributed by atoms with Crippen LogP contribution in [-0.2, 0) is 35.5 Å². The van der Waals surface area contributed by atoms with Crippen molar-refractivity contribution in [2.24, 2.45) is 0 Å². The summed E-state index contributed by atoms with van der Waals surface area (Å²) >= 11 is 0. The molecule has 10 nitrogen and oxygen atoms in total. The quantitative estimate of drug-likeness (QED) is 0.0863. The SMILES string of the molecule is C=C(C)c1cccc2c1OC[N+](c1ccccc1)=C2.COCC(Cc1ccccc1)[N+]1=Cc2cccc(C)c2OC1.Cc1cccc2c1OC[N+](C(Cc1ccccc1)C(O)(c1ccccc1)c1ccccc1)=C2.FC(F)(F)c1cc2c(c(C(F)(F)F)c1)C=[N+](c1ccccc1)CO2. The summed E-state index contributed by atoms with van der Waals surface area (Å²) in [5.41, 5.74) is 9.12. The first kappa shape index (κ1) is 68.7. The van der Waals surface area contributed by atoms with Crippen molar-refractivity contribution in [2.75, 3.05) is 40.6 Å². The van der Waals surface area contributed by atoms with E-state index in [1.165, 1.54) is 15.7 Å². The van der Waals surface area contributed by atoms with E-state index in [0.29, 0.717) is 45.0 Å². The molecule has 0 fully saturated rings. The maximum absolute atomic E-state index is 13.2. The minimum absolute atomic E-state index is 0.104. The second kappa shape index (κ2) is 31.0. The number of allylic oxidation sites excluding steroid dienone is 1. The van der Waals surface area contributed by atoms with Crippen LogP contribution in [0.25, 0.3) is 5.57 Å². The number of benzene rings is 10. The average molecular weight is 1330 g/mol. The van der Waals surface area contributed by atoms with Gasteiger partial charge < -0.3 is 28.8 Å². The number of aliphatic hydroxyl groups is 1. The molecule has 98 heavy (non-hydrogen) atoms. The standard InChI is InChI=1S/C30H28NO2.C19H22NO2.C17H16NO.C16H10F6NO/c1-23-12-11-15-25-21-31(22-33-29(23)25)28(20-24-13-5-2-6-14-24)30(32,26-16-7-3-8-17-26)27-18-9-4-10-19-27;1-15-7-6-10-17-12-20(14-22-19(15)17)18(13-21-2)11-16-8-4-3-5-9-16;1-13(2)16-10-6-7-14-11-18(12-19-17(14)16)15-8-4-3-5-9-15;17-15(18,19)10-6-13(16(20,21)22)12-8-23(9-24-14(12)7-10)11-4-2-1-3-5-11/h2-19,21,28,32H,20,22H2,1H3;3-10,12,18H,11,13-14H2,1-2H3;3-11H,1,12H2,2H3;1-8H,9H2/q4*+1. The Kier molecular flexibility index (Phi) is 21.7. The van der Waals surface area contributed by atoms with E-state index in [2.05, 4.69) is 138 Å². The summed E-state index contributed by atoms with van der Waals surface area (Å²) in [6, 6.07) is 78.7. The number of para-hydroxylation sites is 5. The zero-order valence-corrected chi connectivity index (χ0v) is 54.8. The van der Waals surface area contributed by atoms with Gasteiger partial charge in [-0.3, -0.25) is 0 Å². The molecule has 0 aromatic heterocycles. The van der Waals surface area contributed by atoms with Crippen molar-refractivity contribution in [3.05, 3.63) is 328 Å². The van der Waals surface area contributed by atoms with Crippen molar-refractivity contribution in [1.29, 1.82) is 0 Å². The fourth-order valence-electron chi connectivity index (χ4n) is 12.3. The summed E-state index contributed by atoms with van der Waals surface area (Å²) in [5.74, 6) is 2.40. The summed E-state index contributed by atoms with van der Waals surface area (Å²) in [5, 5.41) is 12.6. The van der Waals surface area contributed by atoms with Gasteiger partial charge in [-0.15, -0.1) is 0 Å². The monoisotopic (exact) mass is 1330 g/mol. The lowest BCUT2D eigenvalue weighted by molar-refractivity contribution is -0.608. The van der Waals surface area contributed by atoms with Gasteiger partial charge in [0.15, 0.2) is 42.5 Å². The highest BCUT2D eigenvalue weighted by Gasteiger charge is 2.48. The molecule has 0 saturated carbocycles. The van der Waals surface area contributed by atoms with Crippen LogP contribution in [0.3, 0.4) is 0 Å². The molecule has 0 bridgehead atoms. The number of hydrogen-bond acceptors (Lipinski definition) is 6. The van der Waals surface area contributed by atoms with Crippen molar-refractivity contribution >= 4 is 41.8 Å². The highest BCUT2D eigenvalue weighted by Crippen LogP contribution is 2.43. The van der Waals surface area contributed by atoms with Crippen molar-refractivity contribution in [1.82, 2.24) is 0 Å². The molecule has 14 rings (SSSR count). The summed E-state index contributed by atoms with van der Waals surface area (Å²) in [4.78, 5) is 0. The first-order chi connectivity index (χ1) is 47.3. The van der Waals surface area contributed by atoms with Crippen LogP contribution in [0.15, 0.2) is 255 Å². The average Bonchev–Trinajstić information content (AvgIpc) is 0.753. The molecule has 2 atom stereocenters. The second-order valence-electron chi connectivity index (χ2n) is 24.2. The van der Waals surface area contributed by atoms with E-state index in [1.807, 2.05) is 128 Å². The maximum Gasteiger partial charge on any atom is 0.417 e. The molecule has 4 aliphatic heterocycles. The number of methoxy groups -OCH3 is 1. The number of fused-ring (bicyclic) bond motifs is 4. The fraction of sp³-hybridized carbons (Fsp3) is 0.195. The molecule has 4 heterocycles. The summed E-state index contributed by atoms with van der Waals surface area (Å²) < 4.78 is 115. The molecule has 498 valence electrons. The third-order valence-corrected chi connectivity index (χ3v) is 17.3. The Balaban J connectivity index is 0.000000135. The fourth-order valence-corrected chi connectivity index (χ4v) is 12.3. The third-order valence-electron chi connectivity index (χ3n) is 17.3. The molecule has 10 aromatic carbocycles. The Morgan fingerprint density at radius 2 is 0.908 bits per heavy atom. The number of hydrogen-bond donors (Lipinski definition) is 1. The van der Waals surface area contributed by atoms with E-state index in [1.54, 1.807) is 37.4 Å². The third kappa shape index (κ3) is 16.4. The molecule has 0 radical (unpaired) electrons. The van der Waals surface area contributed by atoms with Gasteiger partial charge in [-0.05, 0) is 90.1 Å². The van der Waals surface area contributed by atoms with Crippen LogP contribution in [0, 0.1) is 13.8 Å². The van der Waals surface area contributed by atoms with Gasteiger partial charge in [0, 0.05) is 49.8 Å². The maximum atomic E-state index is 13.2. The van der Waals surface area contributed by atoms with Gasteiger partial charge in [0.05, 0.1) is 33.4 Å². The van der Waals surface area contributed by atoms with Crippen molar-refractivity contribution in [3.8, 4) is 23.0 Å². The normalized spacial score (nSPS) is 14.2. The predicted molar refractivity (Wildman–Crippen MR) is 371 cm³/mol. The van der Waals surface area contributed by atoms with E-state index in [-0.39, 0.29) is 24.9 Å². The lowest BCUT2D eigenvalue weighted by Crippen LogP contribution is -2.51. The molecule has 0 spiro atoms. The van der Waals surface area contributed by atoms with Crippen molar-refractivity contribution in [2.45, 2.75) is 63.7 Å². The number of alkyl halides is 6. The number of ether oxygens (including phenoxy) is 5. The number of rotatable bonds is 14. The van der Waals surface area contributed by atoms with E-state index in [0.717, 1.165) is 85.7 Å². The van der Waals surface area contributed by atoms with Crippen LogP contribution in [0.4, 0.5) is 37.7 Å². The molecule has 10 aromatic rings. The van der Waals surface area contributed by atoms with E-state index in [4.69, 9.17) is 23.7 Å². The Labute approximate surface area is 567 Å². The van der Waals surface area contributed by atoms with Gasteiger partial charge in [-0.25, -0.2) is 0 Å². The first-order valence-electron chi connectivity index (χ1n) is 32.1. The van der Waals surface area contributed by atoms with E-state index in [9.17, 15) is 31.4 Å². The first-order valence-corrected chi connectivity index (χ1v) is 32.1. The van der Waals surface area contributed by atoms with Gasteiger partial charge in [-0.1, -0.05) is 201 Å². The molecule has 0 aliphatic carbocycles.